The van der Waals surface area contributed by atoms with Crippen molar-refractivity contribution in [3.8, 4) is 0 Å². The molecule has 3 aromatic rings. The molecule has 0 radical (unpaired) electrons. The number of amides is 2. The van der Waals surface area contributed by atoms with Crippen LogP contribution in [0.25, 0.3) is 10.8 Å². The number of carbonyl (C=O) groups excluding carboxylic acids is 2. The first kappa shape index (κ1) is 25.9. The maximum Gasteiger partial charge on any atom is 0.258 e. The number of benzene rings is 3. The van der Waals surface area contributed by atoms with Gasteiger partial charge in [0.2, 0.25) is 10.0 Å². The maximum absolute atomic E-state index is 13.3. The number of nitrogens with zero attached hydrogens (tertiary/aromatic N) is 2. The van der Waals surface area contributed by atoms with Gasteiger partial charge in [-0.15, -0.1) is 0 Å². The Morgan fingerprint density at radius 1 is 0.944 bits per heavy atom. The highest BCUT2D eigenvalue weighted by Gasteiger charge is 2.30. The van der Waals surface area contributed by atoms with Gasteiger partial charge in [0.1, 0.15) is 0 Å². The lowest BCUT2D eigenvalue weighted by Crippen LogP contribution is -2.37. The number of nitrogens with one attached hydrogen (secondary N) is 1. The van der Waals surface area contributed by atoms with Crippen LogP contribution in [0.5, 0.6) is 0 Å². The van der Waals surface area contributed by atoms with Crippen LogP contribution in [0.15, 0.2) is 59.5 Å². The lowest BCUT2D eigenvalue weighted by molar-refractivity contribution is 0.0992. The third kappa shape index (κ3) is 4.75. The first-order valence-corrected chi connectivity index (χ1v) is 13.8. The van der Waals surface area contributed by atoms with Gasteiger partial charge in [-0.3, -0.25) is 9.59 Å². The Kier molecular flexibility index (Phi) is 7.20. The fraction of sp³-hybridized carbons (Fsp3) is 0.357. The summed E-state index contributed by atoms with van der Waals surface area (Å²) in [6, 6.07) is 15.2. The molecule has 1 aliphatic rings. The Morgan fingerprint density at radius 3 is 2.17 bits per heavy atom. The number of anilines is 2. The van der Waals surface area contributed by atoms with E-state index in [4.69, 9.17) is 0 Å². The van der Waals surface area contributed by atoms with Gasteiger partial charge in [-0.05, 0) is 61.2 Å². The second-order valence-corrected chi connectivity index (χ2v) is 11.9. The van der Waals surface area contributed by atoms with Crippen molar-refractivity contribution >= 4 is 44.0 Å². The lowest BCUT2D eigenvalue weighted by atomic mass is 10.0. The highest BCUT2D eigenvalue weighted by molar-refractivity contribution is 7.89. The van der Waals surface area contributed by atoms with E-state index < -0.39 is 10.0 Å². The zero-order chi connectivity index (χ0) is 26.2. The predicted molar refractivity (Wildman–Crippen MR) is 144 cm³/mol. The Labute approximate surface area is 213 Å². The number of rotatable bonds is 9. The molecule has 0 atom stereocenters. The molecule has 1 N–H and O–H groups in total. The highest BCUT2D eigenvalue weighted by atomic mass is 32.2. The summed E-state index contributed by atoms with van der Waals surface area (Å²) in [5.74, 6) is 0.00183. The minimum Gasteiger partial charge on any atom is -0.321 e. The summed E-state index contributed by atoms with van der Waals surface area (Å²) in [4.78, 5) is 27.7. The van der Waals surface area contributed by atoms with Crippen LogP contribution in [0.3, 0.4) is 0 Å². The number of sulfonamides is 1. The van der Waals surface area contributed by atoms with Gasteiger partial charge in [0.25, 0.3) is 11.8 Å². The van der Waals surface area contributed by atoms with E-state index in [0.29, 0.717) is 36.4 Å². The Bertz CT molecular complexity index is 1400. The maximum atomic E-state index is 13.3. The third-order valence-corrected chi connectivity index (χ3v) is 8.09. The first-order valence-electron chi connectivity index (χ1n) is 12.3. The third-order valence-electron chi connectivity index (χ3n) is 6.24. The van der Waals surface area contributed by atoms with E-state index in [-0.39, 0.29) is 28.5 Å². The number of carbonyl (C=O) groups is 2. The Hall–Kier alpha value is -3.23. The summed E-state index contributed by atoms with van der Waals surface area (Å²) >= 11 is 0. The molecule has 0 spiro atoms. The first-order chi connectivity index (χ1) is 17.0. The molecule has 7 nitrogen and oxygen atoms in total. The van der Waals surface area contributed by atoms with Crippen LogP contribution in [-0.4, -0.2) is 44.2 Å². The number of hydrogen-bond donors (Lipinski definition) is 1. The van der Waals surface area contributed by atoms with E-state index in [1.54, 1.807) is 17.0 Å². The average Bonchev–Trinajstić information content (AvgIpc) is 3.12. The van der Waals surface area contributed by atoms with Crippen LogP contribution in [0, 0.1) is 11.8 Å². The van der Waals surface area contributed by atoms with E-state index >= 15 is 0 Å². The molecule has 1 heterocycles. The van der Waals surface area contributed by atoms with Crippen LogP contribution < -0.4 is 10.2 Å². The Balaban J connectivity index is 1.59. The SMILES string of the molecule is CCN1C(=O)c2cccc3c(NC(=O)c4ccc(S(=O)(=O)N(CC(C)C)CC(C)C)cc4)ccc1c23. The molecule has 2 amide bonds. The topological polar surface area (TPSA) is 86.8 Å². The molecular formula is C28H33N3O4S. The van der Waals surface area contributed by atoms with Crippen LogP contribution in [0.2, 0.25) is 0 Å². The van der Waals surface area contributed by atoms with Gasteiger partial charge < -0.3 is 10.2 Å². The van der Waals surface area contributed by atoms with Crippen LogP contribution in [0.4, 0.5) is 11.4 Å². The molecule has 8 heteroatoms. The molecule has 0 saturated carbocycles. The highest BCUT2D eigenvalue weighted by Crippen LogP contribution is 2.40. The molecule has 0 saturated heterocycles. The van der Waals surface area contributed by atoms with Gasteiger partial charge in [-0.2, -0.15) is 4.31 Å². The predicted octanol–water partition coefficient (Wildman–Crippen LogP) is 5.37. The summed E-state index contributed by atoms with van der Waals surface area (Å²) in [6.45, 7) is 11.3. The summed E-state index contributed by atoms with van der Waals surface area (Å²) in [6.07, 6.45) is 0. The van der Waals surface area contributed by atoms with E-state index in [9.17, 15) is 18.0 Å². The van der Waals surface area contributed by atoms with Gasteiger partial charge in [0, 0.05) is 47.2 Å². The van der Waals surface area contributed by atoms with Crippen molar-refractivity contribution in [1.82, 2.24) is 4.31 Å². The molecule has 190 valence electrons. The molecule has 1 aliphatic heterocycles. The van der Waals surface area contributed by atoms with E-state index in [1.807, 2.05) is 52.8 Å². The minimum absolute atomic E-state index is 0.0395. The summed E-state index contributed by atoms with van der Waals surface area (Å²) in [5, 5.41) is 4.56. The van der Waals surface area contributed by atoms with Crippen molar-refractivity contribution < 1.29 is 18.0 Å². The molecule has 4 rings (SSSR count). The lowest BCUT2D eigenvalue weighted by Gasteiger charge is -2.25. The van der Waals surface area contributed by atoms with Gasteiger partial charge in [-0.1, -0.05) is 39.8 Å². The second kappa shape index (κ2) is 10.0. The quantitative estimate of drug-likeness (QED) is 0.422. The van der Waals surface area contributed by atoms with E-state index in [2.05, 4.69) is 5.32 Å². The van der Waals surface area contributed by atoms with Crippen LogP contribution in [-0.2, 0) is 10.0 Å². The summed E-state index contributed by atoms with van der Waals surface area (Å²) < 4.78 is 28.0. The molecular weight excluding hydrogens is 474 g/mol. The monoisotopic (exact) mass is 507 g/mol. The van der Waals surface area contributed by atoms with Gasteiger partial charge in [0.05, 0.1) is 10.6 Å². The van der Waals surface area contributed by atoms with Gasteiger partial charge in [-0.25, -0.2) is 8.42 Å². The normalized spacial score (nSPS) is 13.4. The fourth-order valence-electron chi connectivity index (χ4n) is 4.68. The fourth-order valence-corrected chi connectivity index (χ4v) is 6.44. The zero-order valence-corrected chi connectivity index (χ0v) is 22.2. The molecule has 0 aliphatic carbocycles. The summed E-state index contributed by atoms with van der Waals surface area (Å²) in [7, 11) is -3.67. The molecule has 0 aromatic heterocycles. The van der Waals surface area contributed by atoms with Crippen molar-refractivity contribution in [2.24, 2.45) is 11.8 Å². The van der Waals surface area contributed by atoms with Gasteiger partial charge in [0.15, 0.2) is 0 Å². The molecule has 36 heavy (non-hydrogen) atoms. The standard InChI is InChI=1S/C28H33N3O4S/c1-6-31-25-15-14-24(22-8-7-9-23(26(22)25)28(31)33)29-27(32)20-10-12-21(13-11-20)36(34,35)30(16-18(2)3)17-19(4)5/h7-15,18-19H,6,16-17H2,1-5H3,(H,29,32). The number of hydrogen-bond acceptors (Lipinski definition) is 4. The van der Waals surface area contributed by atoms with Crippen molar-refractivity contribution in [1.29, 1.82) is 0 Å². The van der Waals surface area contributed by atoms with Crippen LogP contribution >= 0.6 is 0 Å². The van der Waals surface area contributed by atoms with Crippen LogP contribution in [0.1, 0.15) is 55.3 Å². The minimum atomic E-state index is -3.67. The molecule has 0 fully saturated rings. The molecule has 0 bridgehead atoms. The molecule has 3 aromatic carbocycles. The largest absolute Gasteiger partial charge is 0.321 e. The van der Waals surface area contributed by atoms with Crippen molar-refractivity contribution in [2.45, 2.75) is 39.5 Å². The average molecular weight is 508 g/mol. The zero-order valence-electron chi connectivity index (χ0n) is 21.4. The second-order valence-electron chi connectivity index (χ2n) is 10.00. The van der Waals surface area contributed by atoms with E-state index in [0.717, 1.165) is 16.5 Å². The van der Waals surface area contributed by atoms with E-state index in [1.165, 1.54) is 28.6 Å². The Morgan fingerprint density at radius 2 is 1.58 bits per heavy atom. The van der Waals surface area contributed by atoms with Crippen molar-refractivity contribution in [3.05, 3.63) is 65.7 Å². The van der Waals surface area contributed by atoms with Crippen molar-refractivity contribution in [3.63, 3.8) is 0 Å². The van der Waals surface area contributed by atoms with Gasteiger partial charge >= 0.3 is 0 Å². The molecule has 0 unspecified atom stereocenters. The van der Waals surface area contributed by atoms with Crippen molar-refractivity contribution in [2.75, 3.05) is 29.9 Å². The smallest absolute Gasteiger partial charge is 0.258 e. The summed E-state index contributed by atoms with van der Waals surface area (Å²) in [5.41, 5.74) is 2.42.